The Balaban J connectivity index is 6.37. The molecule has 224 valence electrons. The van der Waals surface area contributed by atoms with Crippen molar-refractivity contribution in [3.8, 4) is 0 Å². The summed E-state index contributed by atoms with van der Waals surface area (Å²) >= 11 is 0. The van der Waals surface area contributed by atoms with E-state index in [9.17, 15) is 26.4 Å². The number of sulfonamides is 1. The third kappa shape index (κ3) is 13.0. The summed E-state index contributed by atoms with van der Waals surface area (Å²) in [5, 5.41) is 0. The van der Waals surface area contributed by atoms with Gasteiger partial charge in [-0.1, -0.05) is 0 Å². The zero-order valence-electron chi connectivity index (χ0n) is 24.3. The van der Waals surface area contributed by atoms with E-state index in [1.54, 1.807) is 18.6 Å². The standard InChI is InChI=1S/C27H55F3NO4PS/c1-7-11-15-16-17-18-22-36(19-12-8-2,20-13-9-3,21-14-10-4)35-26(32)25(23-24(5)6)31-37(33,34)27(28,29)30/h24-25,31H,7-23H2,1-6H3/t25-/m1/s1. The van der Waals surface area contributed by atoms with Gasteiger partial charge in [0.05, 0.1) is 0 Å². The van der Waals surface area contributed by atoms with E-state index in [4.69, 9.17) is 4.52 Å². The van der Waals surface area contributed by atoms with Crippen molar-refractivity contribution in [1.29, 1.82) is 0 Å². The normalized spacial score (nSPS) is 14.9. The van der Waals surface area contributed by atoms with Gasteiger partial charge in [0.1, 0.15) is 0 Å². The summed E-state index contributed by atoms with van der Waals surface area (Å²) in [5.74, 6) is -1.02. The minimum atomic E-state index is -5.68. The van der Waals surface area contributed by atoms with Crippen LogP contribution in [0, 0.1) is 5.92 Å². The summed E-state index contributed by atoms with van der Waals surface area (Å²) in [6, 6.07) is -1.55. The Morgan fingerprint density at radius 2 is 1.16 bits per heavy atom. The average molecular weight is 578 g/mol. The zero-order valence-corrected chi connectivity index (χ0v) is 26.0. The van der Waals surface area contributed by atoms with Crippen LogP contribution in [0.1, 0.15) is 125 Å². The van der Waals surface area contributed by atoms with Gasteiger partial charge in [-0.3, -0.25) is 0 Å². The van der Waals surface area contributed by atoms with Gasteiger partial charge in [0.15, 0.2) is 0 Å². The molecule has 0 heterocycles. The number of halogens is 3. The summed E-state index contributed by atoms with van der Waals surface area (Å²) in [7, 11) is -5.68. The topological polar surface area (TPSA) is 72.5 Å². The fraction of sp³-hybridized carbons (Fsp3) is 0.963. The first-order chi connectivity index (χ1) is 17.2. The Morgan fingerprint density at radius 3 is 1.57 bits per heavy atom. The Kier molecular flexibility index (Phi) is 17.1. The Bertz CT molecular complexity index is 720. The Hall–Kier alpha value is -0.400. The number of alkyl halides is 3. The first kappa shape index (κ1) is 36.6. The van der Waals surface area contributed by atoms with Gasteiger partial charge in [-0.25, -0.2) is 0 Å². The van der Waals surface area contributed by atoms with Crippen LogP contribution in [-0.4, -0.2) is 50.6 Å². The van der Waals surface area contributed by atoms with Crippen molar-refractivity contribution >= 4 is 22.8 Å². The molecule has 0 aromatic heterocycles. The van der Waals surface area contributed by atoms with Crippen molar-refractivity contribution in [2.24, 2.45) is 5.92 Å². The van der Waals surface area contributed by atoms with Gasteiger partial charge in [-0.05, 0) is 0 Å². The molecule has 0 saturated carbocycles. The van der Waals surface area contributed by atoms with Gasteiger partial charge in [0.2, 0.25) is 0 Å². The van der Waals surface area contributed by atoms with Gasteiger partial charge in [0, 0.05) is 0 Å². The van der Waals surface area contributed by atoms with Crippen molar-refractivity contribution in [1.82, 2.24) is 4.72 Å². The number of hydrogen-bond acceptors (Lipinski definition) is 4. The van der Waals surface area contributed by atoms with E-state index in [0.29, 0.717) is 0 Å². The van der Waals surface area contributed by atoms with Crippen LogP contribution in [-0.2, 0) is 19.3 Å². The molecule has 0 aliphatic carbocycles. The summed E-state index contributed by atoms with van der Waals surface area (Å²) in [6.07, 6.45) is 15.1. The molecule has 0 aliphatic heterocycles. The van der Waals surface area contributed by atoms with Crippen LogP contribution in [0.15, 0.2) is 0 Å². The number of carbonyl (C=O) groups excluding carboxylic acids is 1. The maximum atomic E-state index is 13.7. The molecule has 0 amide bonds. The fourth-order valence-electron chi connectivity index (χ4n) is 5.06. The van der Waals surface area contributed by atoms with E-state index in [1.165, 1.54) is 12.8 Å². The van der Waals surface area contributed by atoms with Crippen LogP contribution >= 0.6 is 6.83 Å². The molecule has 0 bridgehead atoms. The second-order valence-electron chi connectivity index (χ2n) is 11.2. The van der Waals surface area contributed by atoms with Crippen LogP contribution in [0.25, 0.3) is 0 Å². The second-order valence-corrected chi connectivity index (χ2v) is 18.6. The van der Waals surface area contributed by atoms with Crippen molar-refractivity contribution in [3.63, 3.8) is 0 Å². The third-order valence-corrected chi connectivity index (χ3v) is 14.9. The van der Waals surface area contributed by atoms with Crippen molar-refractivity contribution in [3.05, 3.63) is 0 Å². The molecule has 0 radical (unpaired) electrons. The van der Waals surface area contributed by atoms with Crippen LogP contribution in [0.5, 0.6) is 0 Å². The molecular formula is C27H55F3NO4PS. The van der Waals surface area contributed by atoms with Crippen LogP contribution in [0.2, 0.25) is 0 Å². The van der Waals surface area contributed by atoms with E-state index in [0.717, 1.165) is 88.9 Å². The predicted octanol–water partition coefficient (Wildman–Crippen LogP) is 8.61. The first-order valence-electron chi connectivity index (χ1n) is 14.5. The zero-order chi connectivity index (χ0) is 28.6. The molecule has 0 rings (SSSR count). The predicted molar refractivity (Wildman–Crippen MR) is 152 cm³/mol. The molecule has 1 atom stereocenters. The van der Waals surface area contributed by atoms with Gasteiger partial charge < -0.3 is 0 Å². The van der Waals surface area contributed by atoms with E-state index in [-0.39, 0.29) is 12.3 Å². The minimum absolute atomic E-state index is 0.0486. The summed E-state index contributed by atoms with van der Waals surface area (Å²) in [4.78, 5) is 13.7. The monoisotopic (exact) mass is 577 g/mol. The molecule has 0 spiro atoms. The van der Waals surface area contributed by atoms with E-state index < -0.39 is 34.4 Å². The van der Waals surface area contributed by atoms with Crippen molar-refractivity contribution in [2.75, 3.05) is 24.6 Å². The van der Waals surface area contributed by atoms with E-state index >= 15 is 0 Å². The Morgan fingerprint density at radius 1 is 0.757 bits per heavy atom. The molecule has 0 aromatic carbocycles. The molecule has 0 unspecified atom stereocenters. The number of hydrogen-bond donors (Lipinski definition) is 1. The molecule has 1 N–H and O–H groups in total. The quantitative estimate of drug-likeness (QED) is 0.103. The van der Waals surface area contributed by atoms with Crippen LogP contribution in [0.3, 0.4) is 0 Å². The fourth-order valence-corrected chi connectivity index (χ4v) is 12.5. The maximum absolute atomic E-state index is 13.7. The molecule has 5 nitrogen and oxygen atoms in total. The number of nitrogens with one attached hydrogen (secondary N) is 1. The van der Waals surface area contributed by atoms with Gasteiger partial charge in [0.25, 0.3) is 0 Å². The molecule has 0 aromatic rings. The Labute approximate surface area is 225 Å². The molecule has 10 heteroatoms. The second kappa shape index (κ2) is 17.3. The van der Waals surface area contributed by atoms with E-state index in [1.807, 2.05) is 0 Å². The van der Waals surface area contributed by atoms with Gasteiger partial charge in [-0.2, -0.15) is 0 Å². The molecule has 0 aliphatic rings. The number of unbranched alkanes of at least 4 members (excludes halogenated alkanes) is 8. The SMILES string of the molecule is CCCCCCCCP(CCCC)(CCCC)(CCCC)OC(=O)[C@@H](CC(C)C)NS(=O)(=O)C(F)(F)F. The summed E-state index contributed by atoms with van der Waals surface area (Å²) in [6.45, 7) is 8.81. The van der Waals surface area contributed by atoms with Gasteiger partial charge in [-0.15, -0.1) is 0 Å². The van der Waals surface area contributed by atoms with Crippen LogP contribution in [0.4, 0.5) is 13.2 Å². The molecule has 0 saturated heterocycles. The molecular weight excluding hydrogens is 522 g/mol. The van der Waals surface area contributed by atoms with E-state index in [2.05, 4.69) is 27.7 Å². The summed E-state index contributed by atoms with van der Waals surface area (Å²) in [5.41, 5.74) is -5.49. The van der Waals surface area contributed by atoms with Crippen molar-refractivity contribution in [2.45, 2.75) is 137 Å². The average Bonchev–Trinajstić information content (AvgIpc) is 2.81. The first-order valence-corrected chi connectivity index (χ1v) is 18.9. The van der Waals surface area contributed by atoms with Crippen molar-refractivity contribution < 1.29 is 30.9 Å². The third-order valence-electron chi connectivity index (χ3n) is 7.25. The molecule has 37 heavy (non-hydrogen) atoms. The van der Waals surface area contributed by atoms with Gasteiger partial charge >= 0.3 is 226 Å². The molecule has 0 fully saturated rings. The summed E-state index contributed by atoms with van der Waals surface area (Å²) < 4.78 is 71.8. The number of carbonyl (C=O) groups is 1. The van der Waals surface area contributed by atoms with Crippen LogP contribution < -0.4 is 4.72 Å². The number of rotatable bonds is 22.